The fourth-order valence-electron chi connectivity index (χ4n) is 1.58. The van der Waals surface area contributed by atoms with Gasteiger partial charge in [-0.1, -0.05) is 11.6 Å². The van der Waals surface area contributed by atoms with Gasteiger partial charge >= 0.3 is 0 Å². The Morgan fingerprint density at radius 1 is 1.33 bits per heavy atom. The minimum Gasteiger partial charge on any atom is -0.325 e. The molecule has 15 heavy (non-hydrogen) atoms. The van der Waals surface area contributed by atoms with Crippen LogP contribution < -0.4 is 5.73 Å². The maximum absolute atomic E-state index is 13.4. The van der Waals surface area contributed by atoms with Crippen molar-refractivity contribution in [1.29, 1.82) is 0 Å². The maximum atomic E-state index is 13.4. The van der Waals surface area contributed by atoms with Crippen LogP contribution in [0.5, 0.6) is 0 Å². The Balaban J connectivity index is 2.16. The largest absolute Gasteiger partial charge is 0.325 e. The Kier molecular flexibility index (Phi) is 2.69. The van der Waals surface area contributed by atoms with Crippen molar-refractivity contribution in [3.8, 4) is 0 Å². The quantitative estimate of drug-likeness (QED) is 0.795. The van der Waals surface area contributed by atoms with E-state index < -0.39 is 11.6 Å². The molecule has 1 saturated carbocycles. The summed E-state index contributed by atoms with van der Waals surface area (Å²) >= 11 is 5.58. The van der Waals surface area contributed by atoms with Crippen molar-refractivity contribution in [1.82, 2.24) is 0 Å². The van der Waals surface area contributed by atoms with Gasteiger partial charge in [-0.25, -0.2) is 8.78 Å². The van der Waals surface area contributed by atoms with Crippen molar-refractivity contribution in [3.05, 3.63) is 34.4 Å². The van der Waals surface area contributed by atoms with Crippen LogP contribution in [-0.2, 0) is 6.42 Å². The average Bonchev–Trinajstić information content (AvgIpc) is 2.91. The molecular weight excluding hydrogens is 220 g/mol. The second-order valence-electron chi connectivity index (χ2n) is 4.18. The molecule has 0 aliphatic heterocycles. The molecule has 1 aliphatic carbocycles. The minimum atomic E-state index is -0.652. The van der Waals surface area contributed by atoms with Crippen LogP contribution in [0.15, 0.2) is 12.1 Å². The number of benzene rings is 1. The summed E-state index contributed by atoms with van der Waals surface area (Å²) < 4.78 is 26.7. The van der Waals surface area contributed by atoms with Gasteiger partial charge in [-0.3, -0.25) is 0 Å². The molecule has 0 amide bonds. The normalized spacial score (nSPS) is 17.9. The molecule has 0 atom stereocenters. The Morgan fingerprint density at radius 3 is 2.60 bits per heavy atom. The third-order valence-corrected chi connectivity index (χ3v) is 3.20. The summed E-state index contributed by atoms with van der Waals surface area (Å²) in [6.07, 6.45) is 2.81. The number of rotatable bonds is 3. The first-order valence-electron chi connectivity index (χ1n) is 4.93. The van der Waals surface area contributed by atoms with Gasteiger partial charge in [0, 0.05) is 11.1 Å². The zero-order valence-corrected chi connectivity index (χ0v) is 8.95. The van der Waals surface area contributed by atoms with Gasteiger partial charge in [0.25, 0.3) is 0 Å². The van der Waals surface area contributed by atoms with Crippen LogP contribution >= 0.6 is 11.6 Å². The lowest BCUT2D eigenvalue weighted by Crippen LogP contribution is -2.22. The topological polar surface area (TPSA) is 26.0 Å². The molecule has 1 aliphatic rings. The molecule has 0 aromatic heterocycles. The second kappa shape index (κ2) is 3.72. The number of hydrogen-bond donors (Lipinski definition) is 1. The van der Waals surface area contributed by atoms with Crippen molar-refractivity contribution in [2.45, 2.75) is 31.2 Å². The van der Waals surface area contributed by atoms with Crippen molar-refractivity contribution in [3.63, 3.8) is 0 Å². The number of hydrogen-bond acceptors (Lipinski definition) is 1. The van der Waals surface area contributed by atoms with E-state index in [4.69, 9.17) is 17.3 Å². The molecule has 0 radical (unpaired) electrons. The monoisotopic (exact) mass is 231 g/mol. The lowest BCUT2D eigenvalue weighted by molar-refractivity contribution is 0.529. The van der Waals surface area contributed by atoms with Gasteiger partial charge in [-0.05, 0) is 37.8 Å². The van der Waals surface area contributed by atoms with Crippen LogP contribution in [0.4, 0.5) is 8.78 Å². The molecule has 2 rings (SSSR count). The van der Waals surface area contributed by atoms with Gasteiger partial charge in [-0.15, -0.1) is 0 Å². The molecule has 0 spiro atoms. The van der Waals surface area contributed by atoms with Crippen molar-refractivity contribution in [2.75, 3.05) is 0 Å². The van der Waals surface area contributed by atoms with Crippen LogP contribution in [0.25, 0.3) is 0 Å². The van der Waals surface area contributed by atoms with Gasteiger partial charge in [0.05, 0.1) is 5.02 Å². The molecule has 0 bridgehead atoms. The summed E-state index contributed by atoms with van der Waals surface area (Å²) in [6, 6.07) is 2.42. The first-order chi connectivity index (χ1) is 7.02. The van der Waals surface area contributed by atoms with E-state index >= 15 is 0 Å². The molecule has 0 saturated heterocycles. The van der Waals surface area contributed by atoms with E-state index in [1.54, 1.807) is 0 Å². The summed E-state index contributed by atoms with van der Waals surface area (Å²) in [6.45, 7) is 0. The first kappa shape index (κ1) is 10.8. The van der Waals surface area contributed by atoms with E-state index in [1.807, 2.05) is 0 Å². The maximum Gasteiger partial charge on any atom is 0.147 e. The molecule has 82 valence electrons. The predicted octanol–water partition coefficient (Wildman–Crippen LogP) is 3.04. The van der Waals surface area contributed by atoms with Crippen molar-refractivity contribution >= 4 is 11.6 Å². The van der Waals surface area contributed by atoms with Gasteiger partial charge in [-0.2, -0.15) is 0 Å². The summed E-state index contributed by atoms with van der Waals surface area (Å²) in [4.78, 5) is 0. The van der Waals surface area contributed by atoms with Gasteiger partial charge in [0.15, 0.2) is 0 Å². The standard InChI is InChI=1S/C11H12ClF2N/c12-8-1-2-9(13)7(10(8)14)3-4-11(15)5-6-11/h1-2H,3-6,15H2. The van der Waals surface area contributed by atoms with Crippen LogP contribution in [0.3, 0.4) is 0 Å². The second-order valence-corrected chi connectivity index (χ2v) is 4.59. The van der Waals surface area contributed by atoms with E-state index in [0.717, 1.165) is 12.8 Å². The minimum absolute atomic E-state index is 0.0340. The Hall–Kier alpha value is -0.670. The zero-order chi connectivity index (χ0) is 11.1. The van der Waals surface area contributed by atoms with Gasteiger partial charge in [0.2, 0.25) is 0 Å². The molecule has 1 aromatic rings. The van der Waals surface area contributed by atoms with Gasteiger partial charge in [0.1, 0.15) is 11.6 Å². The van der Waals surface area contributed by atoms with E-state index in [9.17, 15) is 8.78 Å². The average molecular weight is 232 g/mol. The Morgan fingerprint density at radius 2 is 2.00 bits per heavy atom. The molecule has 0 heterocycles. The molecule has 1 aromatic carbocycles. The fraction of sp³-hybridized carbons (Fsp3) is 0.455. The third-order valence-electron chi connectivity index (χ3n) is 2.90. The zero-order valence-electron chi connectivity index (χ0n) is 8.19. The Bertz CT molecular complexity index is 388. The smallest absolute Gasteiger partial charge is 0.147 e. The highest BCUT2D eigenvalue weighted by atomic mass is 35.5. The highest BCUT2D eigenvalue weighted by Gasteiger charge is 2.37. The highest BCUT2D eigenvalue weighted by Crippen LogP contribution is 2.37. The molecule has 4 heteroatoms. The summed E-state index contributed by atoms with van der Waals surface area (Å²) in [7, 11) is 0. The molecule has 0 unspecified atom stereocenters. The van der Waals surface area contributed by atoms with Crippen LogP contribution in [0.2, 0.25) is 5.02 Å². The summed E-state index contributed by atoms with van der Waals surface area (Å²) in [5.74, 6) is -1.19. The molecule has 2 N–H and O–H groups in total. The van der Waals surface area contributed by atoms with E-state index in [0.29, 0.717) is 12.8 Å². The highest BCUT2D eigenvalue weighted by molar-refractivity contribution is 6.30. The summed E-state index contributed by atoms with van der Waals surface area (Å²) in [5, 5.41) is -0.0340. The van der Waals surface area contributed by atoms with Gasteiger partial charge < -0.3 is 5.73 Å². The Labute approximate surface area is 92.2 Å². The number of nitrogens with two attached hydrogens (primary N) is 1. The molecule has 1 nitrogen and oxygen atoms in total. The number of halogens is 3. The van der Waals surface area contributed by atoms with E-state index in [2.05, 4.69) is 0 Å². The van der Waals surface area contributed by atoms with E-state index in [-0.39, 0.29) is 16.1 Å². The van der Waals surface area contributed by atoms with Crippen LogP contribution in [0.1, 0.15) is 24.8 Å². The third kappa shape index (κ3) is 2.29. The fourth-order valence-corrected chi connectivity index (χ4v) is 1.76. The molecule has 1 fully saturated rings. The molecular formula is C11H12ClF2N. The lowest BCUT2D eigenvalue weighted by atomic mass is 10.0. The SMILES string of the molecule is NC1(CCc2c(F)ccc(Cl)c2F)CC1. The van der Waals surface area contributed by atoms with Crippen LogP contribution in [-0.4, -0.2) is 5.54 Å². The van der Waals surface area contributed by atoms with Crippen molar-refractivity contribution < 1.29 is 8.78 Å². The summed E-state index contributed by atoms with van der Waals surface area (Å²) in [5.41, 5.74) is 5.72. The first-order valence-corrected chi connectivity index (χ1v) is 5.31. The predicted molar refractivity (Wildman–Crippen MR) is 55.8 cm³/mol. The van der Waals surface area contributed by atoms with Crippen molar-refractivity contribution in [2.24, 2.45) is 5.73 Å². The van der Waals surface area contributed by atoms with E-state index in [1.165, 1.54) is 12.1 Å². The van der Waals surface area contributed by atoms with Crippen LogP contribution in [0, 0.1) is 11.6 Å². The lowest BCUT2D eigenvalue weighted by Gasteiger charge is -2.10.